The molecule has 0 saturated heterocycles. The van der Waals surface area contributed by atoms with Crippen molar-refractivity contribution in [3.8, 4) is 5.75 Å². The summed E-state index contributed by atoms with van der Waals surface area (Å²) in [4.78, 5) is 24.7. The highest BCUT2D eigenvalue weighted by molar-refractivity contribution is 6.03. The molecular weight excluding hydrogens is 328 g/mol. The average molecular weight is 354 g/mol. The van der Waals surface area contributed by atoms with Crippen LogP contribution in [0.5, 0.6) is 5.75 Å². The van der Waals surface area contributed by atoms with E-state index in [1.165, 1.54) is 0 Å². The second-order valence-electron chi connectivity index (χ2n) is 6.22. The number of anilines is 1. The van der Waals surface area contributed by atoms with Crippen molar-refractivity contribution in [1.29, 1.82) is 0 Å². The number of carbonyl (C=O) groups excluding carboxylic acids is 2. The van der Waals surface area contributed by atoms with Gasteiger partial charge in [0.1, 0.15) is 5.75 Å². The van der Waals surface area contributed by atoms with Gasteiger partial charge in [-0.3, -0.25) is 9.59 Å². The Hall–Kier alpha value is -2.82. The Labute approximate surface area is 154 Å². The maximum atomic E-state index is 12.4. The molecule has 2 N–H and O–H groups in total. The van der Waals surface area contributed by atoms with Crippen molar-refractivity contribution in [3.63, 3.8) is 0 Å². The minimum absolute atomic E-state index is 0.0846. The number of amides is 2. The summed E-state index contributed by atoms with van der Waals surface area (Å²) < 4.78 is 5.13. The van der Waals surface area contributed by atoms with Crippen LogP contribution >= 0.6 is 0 Å². The van der Waals surface area contributed by atoms with Crippen LogP contribution in [0.15, 0.2) is 48.5 Å². The Morgan fingerprint density at radius 1 is 1.08 bits per heavy atom. The topological polar surface area (TPSA) is 67.4 Å². The van der Waals surface area contributed by atoms with E-state index in [4.69, 9.17) is 4.74 Å². The standard InChI is InChI=1S/C21H26N2O3/c1-4-15(2)22-21(25)18-7-5-6-8-19(18)23-20(24)14-11-16-9-12-17(26-3)13-10-16/h5-10,12-13,15H,4,11,14H2,1-3H3,(H,22,25)(H,23,24)/t15-/m0/s1. The number of carbonyl (C=O) groups is 2. The number of benzene rings is 2. The zero-order valence-corrected chi connectivity index (χ0v) is 15.5. The van der Waals surface area contributed by atoms with Crippen molar-refractivity contribution in [2.75, 3.05) is 12.4 Å². The summed E-state index contributed by atoms with van der Waals surface area (Å²) in [5, 5.41) is 5.78. The van der Waals surface area contributed by atoms with Crippen LogP contribution in [0, 0.1) is 0 Å². The molecule has 0 spiro atoms. The molecular formula is C21H26N2O3. The number of para-hydroxylation sites is 1. The lowest BCUT2D eigenvalue weighted by molar-refractivity contribution is -0.116. The van der Waals surface area contributed by atoms with E-state index in [9.17, 15) is 9.59 Å². The van der Waals surface area contributed by atoms with Gasteiger partial charge in [-0.15, -0.1) is 0 Å². The van der Waals surface area contributed by atoms with Crippen molar-refractivity contribution in [2.24, 2.45) is 0 Å². The molecule has 1 atom stereocenters. The molecule has 0 aromatic heterocycles. The van der Waals surface area contributed by atoms with Crippen LogP contribution in [0.3, 0.4) is 0 Å². The number of methoxy groups -OCH3 is 1. The van der Waals surface area contributed by atoms with Crippen molar-refractivity contribution in [3.05, 3.63) is 59.7 Å². The third kappa shape index (κ3) is 5.62. The van der Waals surface area contributed by atoms with Crippen LogP contribution in [-0.2, 0) is 11.2 Å². The average Bonchev–Trinajstić information content (AvgIpc) is 2.67. The van der Waals surface area contributed by atoms with E-state index < -0.39 is 0 Å². The monoisotopic (exact) mass is 354 g/mol. The fourth-order valence-corrected chi connectivity index (χ4v) is 2.46. The molecule has 0 fully saturated rings. The zero-order valence-electron chi connectivity index (χ0n) is 15.5. The molecule has 0 radical (unpaired) electrons. The van der Waals surface area contributed by atoms with E-state index in [0.717, 1.165) is 17.7 Å². The van der Waals surface area contributed by atoms with Crippen LogP contribution in [0.1, 0.15) is 42.6 Å². The van der Waals surface area contributed by atoms with Crippen molar-refractivity contribution < 1.29 is 14.3 Å². The zero-order chi connectivity index (χ0) is 18.9. The van der Waals surface area contributed by atoms with Gasteiger partial charge in [-0.2, -0.15) is 0 Å². The molecule has 0 aliphatic carbocycles. The smallest absolute Gasteiger partial charge is 0.253 e. The van der Waals surface area contributed by atoms with Gasteiger partial charge in [0.25, 0.3) is 5.91 Å². The number of aryl methyl sites for hydroxylation is 1. The minimum Gasteiger partial charge on any atom is -0.497 e. The maximum Gasteiger partial charge on any atom is 0.253 e. The van der Waals surface area contributed by atoms with Crippen LogP contribution < -0.4 is 15.4 Å². The highest BCUT2D eigenvalue weighted by Gasteiger charge is 2.14. The molecule has 2 rings (SSSR count). The van der Waals surface area contributed by atoms with Gasteiger partial charge in [-0.25, -0.2) is 0 Å². The summed E-state index contributed by atoms with van der Waals surface area (Å²) in [7, 11) is 1.62. The Kier molecular flexibility index (Phi) is 7.21. The molecule has 26 heavy (non-hydrogen) atoms. The number of ether oxygens (including phenoxy) is 1. The summed E-state index contributed by atoms with van der Waals surface area (Å²) in [6.45, 7) is 3.96. The first-order valence-corrected chi connectivity index (χ1v) is 8.86. The molecule has 0 heterocycles. The Morgan fingerprint density at radius 3 is 2.42 bits per heavy atom. The number of nitrogens with one attached hydrogen (secondary N) is 2. The summed E-state index contributed by atoms with van der Waals surface area (Å²) in [5.74, 6) is 0.495. The fraction of sp³-hybridized carbons (Fsp3) is 0.333. The molecule has 5 nitrogen and oxygen atoms in total. The van der Waals surface area contributed by atoms with Gasteiger partial charge in [0.15, 0.2) is 0 Å². The molecule has 2 aromatic carbocycles. The number of rotatable bonds is 8. The predicted octanol–water partition coefficient (Wildman–Crippen LogP) is 3.79. The first-order chi connectivity index (χ1) is 12.5. The Morgan fingerprint density at radius 2 is 1.77 bits per heavy atom. The molecule has 0 bridgehead atoms. The molecule has 138 valence electrons. The first-order valence-electron chi connectivity index (χ1n) is 8.86. The van der Waals surface area contributed by atoms with Crippen molar-refractivity contribution >= 4 is 17.5 Å². The van der Waals surface area contributed by atoms with Gasteiger partial charge in [-0.1, -0.05) is 31.2 Å². The molecule has 5 heteroatoms. The quantitative estimate of drug-likeness (QED) is 0.758. The summed E-state index contributed by atoms with van der Waals surface area (Å²) in [6, 6.07) is 14.8. The van der Waals surface area contributed by atoms with Gasteiger partial charge in [0.2, 0.25) is 5.91 Å². The second-order valence-corrected chi connectivity index (χ2v) is 6.22. The van der Waals surface area contributed by atoms with Gasteiger partial charge >= 0.3 is 0 Å². The predicted molar refractivity (Wildman–Crippen MR) is 104 cm³/mol. The van der Waals surface area contributed by atoms with Crippen molar-refractivity contribution in [2.45, 2.75) is 39.2 Å². The van der Waals surface area contributed by atoms with Crippen LogP contribution in [-0.4, -0.2) is 25.0 Å². The summed E-state index contributed by atoms with van der Waals surface area (Å²) in [5.41, 5.74) is 2.07. The number of hydrogen-bond acceptors (Lipinski definition) is 3. The normalized spacial score (nSPS) is 11.5. The first kappa shape index (κ1) is 19.5. The largest absolute Gasteiger partial charge is 0.497 e. The van der Waals surface area contributed by atoms with E-state index in [-0.39, 0.29) is 17.9 Å². The summed E-state index contributed by atoms with van der Waals surface area (Å²) >= 11 is 0. The molecule has 0 saturated carbocycles. The SMILES string of the molecule is CC[C@H](C)NC(=O)c1ccccc1NC(=O)CCc1ccc(OC)cc1. The maximum absolute atomic E-state index is 12.4. The van der Waals surface area contributed by atoms with Crippen LogP contribution in [0.2, 0.25) is 0 Å². The second kappa shape index (κ2) is 9.61. The molecule has 2 amide bonds. The van der Waals surface area contributed by atoms with Crippen LogP contribution in [0.25, 0.3) is 0 Å². The molecule has 0 unspecified atom stereocenters. The lowest BCUT2D eigenvalue weighted by atomic mass is 10.1. The third-order valence-electron chi connectivity index (χ3n) is 4.24. The van der Waals surface area contributed by atoms with E-state index in [2.05, 4.69) is 10.6 Å². The highest BCUT2D eigenvalue weighted by Crippen LogP contribution is 2.17. The van der Waals surface area contributed by atoms with Crippen molar-refractivity contribution in [1.82, 2.24) is 5.32 Å². The van der Waals surface area contributed by atoms with Gasteiger partial charge in [0.05, 0.1) is 18.4 Å². The highest BCUT2D eigenvalue weighted by atomic mass is 16.5. The summed E-state index contributed by atoms with van der Waals surface area (Å²) in [6.07, 6.45) is 1.81. The molecule has 0 aliphatic heterocycles. The van der Waals surface area contributed by atoms with E-state index in [1.807, 2.05) is 38.1 Å². The van der Waals surface area contributed by atoms with E-state index in [1.54, 1.807) is 31.4 Å². The third-order valence-corrected chi connectivity index (χ3v) is 4.24. The van der Waals surface area contributed by atoms with Gasteiger partial charge in [0, 0.05) is 12.5 Å². The fourth-order valence-electron chi connectivity index (χ4n) is 2.46. The van der Waals surface area contributed by atoms with Crippen LogP contribution in [0.4, 0.5) is 5.69 Å². The van der Waals surface area contributed by atoms with Gasteiger partial charge in [-0.05, 0) is 49.6 Å². The van der Waals surface area contributed by atoms with E-state index >= 15 is 0 Å². The minimum atomic E-state index is -0.176. The Balaban J connectivity index is 1.96. The molecule has 0 aliphatic rings. The molecule has 2 aromatic rings. The number of hydrogen-bond donors (Lipinski definition) is 2. The lowest BCUT2D eigenvalue weighted by Gasteiger charge is -2.14. The lowest BCUT2D eigenvalue weighted by Crippen LogP contribution is -2.32. The Bertz CT molecular complexity index is 741. The van der Waals surface area contributed by atoms with Gasteiger partial charge < -0.3 is 15.4 Å². The van der Waals surface area contributed by atoms with E-state index in [0.29, 0.717) is 24.1 Å².